The third kappa shape index (κ3) is 3.02. The quantitative estimate of drug-likeness (QED) is 0.854. The summed E-state index contributed by atoms with van der Waals surface area (Å²) in [6.45, 7) is 9.21. The Balaban J connectivity index is 2.22. The van der Waals surface area contributed by atoms with Gasteiger partial charge in [-0.15, -0.1) is 0 Å². The van der Waals surface area contributed by atoms with E-state index in [9.17, 15) is 5.11 Å². The van der Waals surface area contributed by atoms with E-state index in [2.05, 4.69) is 58.0 Å². The molecule has 1 heteroatoms. The van der Waals surface area contributed by atoms with Gasteiger partial charge in [0.15, 0.2) is 0 Å². The maximum absolute atomic E-state index is 10.5. The summed E-state index contributed by atoms with van der Waals surface area (Å²) in [7, 11) is 0. The fourth-order valence-electron chi connectivity index (χ4n) is 3.65. The minimum Gasteiger partial charge on any atom is -0.393 e. The molecule has 1 aromatic carbocycles. The summed E-state index contributed by atoms with van der Waals surface area (Å²) < 4.78 is 0. The lowest BCUT2D eigenvalue weighted by Gasteiger charge is -2.44. The molecule has 1 fully saturated rings. The van der Waals surface area contributed by atoms with Gasteiger partial charge in [0.25, 0.3) is 0 Å². The van der Waals surface area contributed by atoms with Crippen LogP contribution < -0.4 is 0 Å². The van der Waals surface area contributed by atoms with Crippen molar-refractivity contribution in [3.05, 3.63) is 35.9 Å². The third-order valence-corrected chi connectivity index (χ3v) is 5.24. The molecular weight excluding hydrogens is 232 g/mol. The second-order valence-electron chi connectivity index (χ2n) is 7.08. The van der Waals surface area contributed by atoms with Crippen molar-refractivity contribution in [2.45, 2.75) is 58.5 Å². The molecule has 0 aromatic heterocycles. The molecule has 1 N–H and O–H groups in total. The highest BCUT2D eigenvalue weighted by molar-refractivity contribution is 5.25. The second kappa shape index (κ2) is 5.66. The van der Waals surface area contributed by atoms with Crippen molar-refractivity contribution in [2.75, 3.05) is 0 Å². The fourth-order valence-corrected chi connectivity index (χ4v) is 3.65. The molecule has 1 aromatic rings. The smallest absolute Gasteiger partial charge is 0.0576 e. The third-order valence-electron chi connectivity index (χ3n) is 5.24. The summed E-state index contributed by atoms with van der Waals surface area (Å²) in [5, 5.41) is 10.5. The Morgan fingerprint density at radius 2 is 1.74 bits per heavy atom. The minimum atomic E-state index is -0.148. The Kier molecular flexibility index (Phi) is 4.35. The summed E-state index contributed by atoms with van der Waals surface area (Å²) >= 11 is 0. The van der Waals surface area contributed by atoms with Crippen molar-refractivity contribution in [1.29, 1.82) is 0 Å². The molecule has 0 heterocycles. The van der Waals surface area contributed by atoms with Crippen molar-refractivity contribution in [2.24, 2.45) is 17.8 Å². The highest BCUT2D eigenvalue weighted by Crippen LogP contribution is 2.44. The van der Waals surface area contributed by atoms with Crippen LogP contribution >= 0.6 is 0 Å². The lowest BCUT2D eigenvalue weighted by molar-refractivity contribution is 0.00350. The number of hydrogen-bond donors (Lipinski definition) is 1. The van der Waals surface area contributed by atoms with Crippen LogP contribution in [0.15, 0.2) is 30.3 Å². The first-order valence-electron chi connectivity index (χ1n) is 7.66. The van der Waals surface area contributed by atoms with E-state index >= 15 is 0 Å². The van der Waals surface area contributed by atoms with Gasteiger partial charge < -0.3 is 5.11 Å². The zero-order valence-corrected chi connectivity index (χ0v) is 12.8. The molecule has 0 bridgehead atoms. The largest absolute Gasteiger partial charge is 0.393 e. The SMILES string of the molecule is CC(C)[C@H]1CC[C@@H](O)[C@H](C(C)(C)c2ccccc2)C1. The van der Waals surface area contributed by atoms with Crippen LogP contribution in [0.4, 0.5) is 0 Å². The van der Waals surface area contributed by atoms with Crippen molar-refractivity contribution < 1.29 is 5.11 Å². The van der Waals surface area contributed by atoms with Gasteiger partial charge in [0, 0.05) is 0 Å². The highest BCUT2D eigenvalue weighted by atomic mass is 16.3. The van der Waals surface area contributed by atoms with Crippen LogP contribution in [0.25, 0.3) is 0 Å². The van der Waals surface area contributed by atoms with Crippen LogP contribution in [0.5, 0.6) is 0 Å². The molecule has 106 valence electrons. The first-order valence-corrected chi connectivity index (χ1v) is 7.66. The predicted octanol–water partition coefficient (Wildman–Crippen LogP) is 4.40. The van der Waals surface area contributed by atoms with E-state index in [-0.39, 0.29) is 11.5 Å². The second-order valence-corrected chi connectivity index (χ2v) is 7.08. The normalized spacial score (nSPS) is 28.6. The van der Waals surface area contributed by atoms with E-state index < -0.39 is 0 Å². The van der Waals surface area contributed by atoms with Gasteiger partial charge in [-0.2, -0.15) is 0 Å². The lowest BCUT2D eigenvalue weighted by Crippen LogP contribution is -2.42. The maximum Gasteiger partial charge on any atom is 0.0576 e. The number of rotatable bonds is 3. The standard InChI is InChI=1S/C18H28O/c1-13(2)14-10-11-17(19)16(12-14)18(3,4)15-8-6-5-7-9-15/h5-9,13-14,16-17,19H,10-12H2,1-4H3/t14-,16+,17+/m0/s1. The molecule has 19 heavy (non-hydrogen) atoms. The molecule has 0 amide bonds. The zero-order valence-electron chi connectivity index (χ0n) is 12.8. The van der Waals surface area contributed by atoms with Crippen LogP contribution in [-0.2, 0) is 5.41 Å². The van der Waals surface area contributed by atoms with Gasteiger partial charge in [-0.3, -0.25) is 0 Å². The zero-order chi connectivity index (χ0) is 14.0. The first kappa shape index (κ1) is 14.6. The number of hydrogen-bond acceptors (Lipinski definition) is 1. The van der Waals surface area contributed by atoms with Gasteiger partial charge >= 0.3 is 0 Å². The molecule has 3 atom stereocenters. The van der Waals surface area contributed by atoms with Gasteiger partial charge in [0.05, 0.1) is 6.10 Å². The summed E-state index contributed by atoms with van der Waals surface area (Å²) in [6, 6.07) is 10.7. The van der Waals surface area contributed by atoms with E-state index in [1.54, 1.807) is 0 Å². The summed E-state index contributed by atoms with van der Waals surface area (Å²) in [5.74, 6) is 1.86. The van der Waals surface area contributed by atoms with Gasteiger partial charge in [0.1, 0.15) is 0 Å². The fraction of sp³-hybridized carbons (Fsp3) is 0.667. The van der Waals surface area contributed by atoms with Gasteiger partial charge in [-0.25, -0.2) is 0 Å². The van der Waals surface area contributed by atoms with Crippen LogP contribution in [0, 0.1) is 17.8 Å². The van der Waals surface area contributed by atoms with Crippen LogP contribution in [0.3, 0.4) is 0 Å². The Morgan fingerprint density at radius 3 is 2.32 bits per heavy atom. The Labute approximate surface area is 118 Å². The average Bonchev–Trinajstić information content (AvgIpc) is 2.39. The van der Waals surface area contributed by atoms with E-state index in [0.29, 0.717) is 5.92 Å². The Hall–Kier alpha value is -0.820. The molecule has 0 unspecified atom stereocenters. The molecule has 0 aliphatic heterocycles. The molecule has 1 saturated carbocycles. The molecule has 1 aliphatic rings. The van der Waals surface area contributed by atoms with E-state index in [0.717, 1.165) is 24.7 Å². The lowest BCUT2D eigenvalue weighted by atomic mass is 9.62. The average molecular weight is 260 g/mol. The summed E-state index contributed by atoms with van der Waals surface area (Å²) in [5.41, 5.74) is 1.40. The highest BCUT2D eigenvalue weighted by Gasteiger charge is 2.40. The molecule has 1 aliphatic carbocycles. The molecule has 2 rings (SSSR count). The van der Waals surface area contributed by atoms with Crippen LogP contribution in [0.2, 0.25) is 0 Å². The van der Waals surface area contributed by atoms with Crippen LogP contribution in [-0.4, -0.2) is 11.2 Å². The minimum absolute atomic E-state index is 0.0498. The van der Waals surface area contributed by atoms with E-state index in [1.807, 2.05) is 0 Å². The van der Waals surface area contributed by atoms with E-state index in [4.69, 9.17) is 0 Å². The Morgan fingerprint density at radius 1 is 1.11 bits per heavy atom. The predicted molar refractivity (Wildman–Crippen MR) is 81.1 cm³/mol. The molecule has 0 saturated heterocycles. The van der Waals surface area contributed by atoms with Crippen molar-refractivity contribution >= 4 is 0 Å². The van der Waals surface area contributed by atoms with Gasteiger partial charge in [-0.1, -0.05) is 58.0 Å². The van der Waals surface area contributed by atoms with E-state index in [1.165, 1.54) is 12.0 Å². The van der Waals surface area contributed by atoms with Gasteiger partial charge in [-0.05, 0) is 48.0 Å². The topological polar surface area (TPSA) is 20.2 Å². The maximum atomic E-state index is 10.5. The molecule has 0 spiro atoms. The monoisotopic (exact) mass is 260 g/mol. The first-order chi connectivity index (χ1) is 8.93. The molecular formula is C18H28O. The van der Waals surface area contributed by atoms with Crippen LogP contribution in [0.1, 0.15) is 52.5 Å². The number of aliphatic hydroxyl groups is 1. The molecule has 1 nitrogen and oxygen atoms in total. The summed E-state index contributed by atoms with van der Waals surface area (Å²) in [4.78, 5) is 0. The molecule has 0 radical (unpaired) electrons. The number of aliphatic hydroxyl groups excluding tert-OH is 1. The van der Waals surface area contributed by atoms with Crippen molar-refractivity contribution in [1.82, 2.24) is 0 Å². The Bertz CT molecular complexity index is 393. The summed E-state index contributed by atoms with van der Waals surface area (Å²) in [6.07, 6.45) is 3.15. The van der Waals surface area contributed by atoms with Crippen molar-refractivity contribution in [3.63, 3.8) is 0 Å². The van der Waals surface area contributed by atoms with Crippen molar-refractivity contribution in [3.8, 4) is 0 Å². The van der Waals surface area contributed by atoms with Gasteiger partial charge in [0.2, 0.25) is 0 Å². The number of benzene rings is 1.